The summed E-state index contributed by atoms with van der Waals surface area (Å²) in [6.45, 7) is 6.64. The summed E-state index contributed by atoms with van der Waals surface area (Å²) in [4.78, 5) is 4.27. The lowest BCUT2D eigenvalue weighted by Gasteiger charge is -2.13. The molecule has 3 aromatic rings. The Morgan fingerprint density at radius 3 is 1.00 bits per heavy atom. The van der Waals surface area contributed by atoms with Crippen molar-refractivity contribution in [2.75, 3.05) is 0 Å². The smallest absolute Gasteiger partial charge is 0.169 e. The highest BCUT2D eigenvalue weighted by atomic mass is 127. The minimum atomic E-state index is -0.0494. The van der Waals surface area contributed by atoms with Crippen LogP contribution in [0.2, 0.25) is 0 Å². The first kappa shape index (κ1) is 18.1. The molecule has 0 amide bonds. The average molecular weight is 432 g/mol. The van der Waals surface area contributed by atoms with E-state index in [1.807, 2.05) is 0 Å². The molecule has 0 bridgehead atoms. The summed E-state index contributed by atoms with van der Waals surface area (Å²) in [6, 6.07) is 26.3. The van der Waals surface area contributed by atoms with Gasteiger partial charge in [-0.15, -0.1) is 0 Å². The lowest BCUT2D eigenvalue weighted by atomic mass is 10.2. The number of halogens is 1. The quantitative estimate of drug-likeness (QED) is 0.441. The molecule has 3 rings (SSSR count). The van der Waals surface area contributed by atoms with E-state index in [-0.39, 0.29) is 34.9 Å². The van der Waals surface area contributed by atoms with Crippen LogP contribution < -0.4 is 24.0 Å². The minimum absolute atomic E-state index is 0. The summed E-state index contributed by atoms with van der Waals surface area (Å²) in [6.07, 6.45) is 0. The van der Waals surface area contributed by atoms with Crippen LogP contribution in [0.3, 0.4) is 0 Å². The monoisotopic (exact) mass is 432 g/mol. The van der Waals surface area contributed by atoms with Gasteiger partial charge in [0.1, 0.15) is 10.9 Å². The fraction of sp³-hybridized carbons (Fsp3) is 0.143. The van der Waals surface area contributed by atoms with E-state index in [0.29, 0.717) is 0 Å². The lowest BCUT2D eigenvalue weighted by molar-refractivity contribution is -0.00000464. The SMILES string of the molecule is Cc1ccccc1[S+](c1ccccc1C)c1ccccc1C.[I-]. The van der Waals surface area contributed by atoms with Crippen molar-refractivity contribution < 1.29 is 24.0 Å². The van der Waals surface area contributed by atoms with Gasteiger partial charge >= 0.3 is 0 Å². The second-order valence-corrected chi connectivity index (χ2v) is 7.53. The van der Waals surface area contributed by atoms with Crippen molar-refractivity contribution in [1.29, 1.82) is 0 Å². The van der Waals surface area contributed by atoms with Crippen molar-refractivity contribution >= 4 is 10.9 Å². The van der Waals surface area contributed by atoms with Crippen molar-refractivity contribution in [2.24, 2.45) is 0 Å². The van der Waals surface area contributed by atoms with E-state index in [1.165, 1.54) is 31.4 Å². The Morgan fingerprint density at radius 2 is 0.739 bits per heavy atom. The summed E-state index contributed by atoms with van der Waals surface area (Å²) in [5, 5.41) is 0. The number of aryl methyl sites for hydroxylation is 3. The normalized spacial score (nSPS) is 10.4. The van der Waals surface area contributed by atoms with Gasteiger partial charge in [0.15, 0.2) is 14.7 Å². The van der Waals surface area contributed by atoms with Gasteiger partial charge in [0.2, 0.25) is 0 Å². The van der Waals surface area contributed by atoms with Gasteiger partial charge in [0.05, 0.1) is 0 Å². The molecule has 0 spiro atoms. The number of hydrogen-bond acceptors (Lipinski definition) is 0. The molecule has 0 aliphatic rings. The minimum Gasteiger partial charge on any atom is -1.00 e. The van der Waals surface area contributed by atoms with Crippen LogP contribution in [-0.2, 0) is 10.9 Å². The van der Waals surface area contributed by atoms with Crippen LogP contribution in [0, 0.1) is 20.8 Å². The maximum atomic E-state index is 2.28. The molecular formula is C21H21IS. The van der Waals surface area contributed by atoms with E-state index >= 15 is 0 Å². The van der Waals surface area contributed by atoms with Gasteiger partial charge in [0, 0.05) is 16.7 Å². The third-order valence-corrected chi connectivity index (χ3v) is 6.63. The molecule has 0 saturated carbocycles. The second-order valence-electron chi connectivity index (χ2n) is 5.60. The Morgan fingerprint density at radius 1 is 0.478 bits per heavy atom. The Bertz CT molecular complexity index is 687. The number of benzene rings is 3. The summed E-state index contributed by atoms with van der Waals surface area (Å²) in [7, 11) is -0.0494. The fourth-order valence-electron chi connectivity index (χ4n) is 2.71. The third-order valence-electron chi connectivity index (χ3n) is 3.94. The predicted octanol–water partition coefficient (Wildman–Crippen LogP) is 2.71. The standard InChI is InChI=1S/C21H21S.HI/c1-16-10-4-7-13-19(16)22(20-14-8-5-11-17(20)2)21-15-9-6-12-18(21)3;/h4-15H,1-3H3;1H/q+1;/p-1. The Labute approximate surface area is 159 Å². The molecule has 0 unspecified atom stereocenters. The molecule has 0 atom stereocenters. The molecule has 23 heavy (non-hydrogen) atoms. The molecule has 0 fully saturated rings. The Kier molecular flexibility index (Phi) is 6.31. The average Bonchev–Trinajstić information content (AvgIpc) is 2.53. The van der Waals surface area contributed by atoms with Crippen LogP contribution in [0.15, 0.2) is 87.5 Å². The van der Waals surface area contributed by atoms with Crippen LogP contribution >= 0.6 is 0 Å². The van der Waals surface area contributed by atoms with E-state index in [2.05, 4.69) is 93.6 Å². The Hall–Kier alpha value is -1.26. The van der Waals surface area contributed by atoms with E-state index in [1.54, 1.807) is 0 Å². The van der Waals surface area contributed by atoms with Gasteiger partial charge in [0.25, 0.3) is 0 Å². The first-order valence-electron chi connectivity index (χ1n) is 7.59. The molecule has 0 N–H and O–H groups in total. The van der Waals surface area contributed by atoms with Crippen molar-refractivity contribution in [3.8, 4) is 0 Å². The van der Waals surface area contributed by atoms with Crippen molar-refractivity contribution in [1.82, 2.24) is 0 Å². The van der Waals surface area contributed by atoms with E-state index in [9.17, 15) is 0 Å². The van der Waals surface area contributed by atoms with Gasteiger partial charge in [-0.3, -0.25) is 0 Å². The molecule has 0 heterocycles. The largest absolute Gasteiger partial charge is 1.00 e. The van der Waals surface area contributed by atoms with E-state index in [0.717, 1.165) is 0 Å². The fourth-order valence-corrected chi connectivity index (χ4v) is 5.24. The van der Waals surface area contributed by atoms with Crippen LogP contribution in [-0.4, -0.2) is 0 Å². The van der Waals surface area contributed by atoms with Crippen LogP contribution in [0.25, 0.3) is 0 Å². The molecule has 0 saturated heterocycles. The number of hydrogen-bond donors (Lipinski definition) is 0. The number of rotatable bonds is 3. The highest BCUT2D eigenvalue weighted by Gasteiger charge is 2.32. The van der Waals surface area contributed by atoms with Gasteiger partial charge in [-0.1, -0.05) is 54.6 Å². The van der Waals surface area contributed by atoms with Gasteiger partial charge in [-0.2, -0.15) is 0 Å². The first-order chi connectivity index (χ1) is 10.7. The summed E-state index contributed by atoms with van der Waals surface area (Å²) in [5.74, 6) is 0. The van der Waals surface area contributed by atoms with Crippen LogP contribution in [0.1, 0.15) is 16.7 Å². The zero-order chi connectivity index (χ0) is 15.5. The summed E-state index contributed by atoms with van der Waals surface area (Å²) in [5.41, 5.74) is 4.08. The first-order valence-corrected chi connectivity index (χ1v) is 8.82. The van der Waals surface area contributed by atoms with Gasteiger partial charge in [-0.05, 0) is 39.0 Å². The molecule has 0 radical (unpaired) electrons. The van der Waals surface area contributed by atoms with E-state index < -0.39 is 0 Å². The maximum Gasteiger partial charge on any atom is 0.169 e. The van der Waals surface area contributed by atoms with E-state index in [4.69, 9.17) is 0 Å². The molecular weight excluding hydrogens is 411 g/mol. The maximum absolute atomic E-state index is 2.28. The van der Waals surface area contributed by atoms with Crippen molar-refractivity contribution in [2.45, 2.75) is 35.5 Å². The molecule has 0 nitrogen and oxygen atoms in total. The van der Waals surface area contributed by atoms with Crippen molar-refractivity contribution in [3.05, 3.63) is 89.5 Å². The molecule has 0 aliphatic carbocycles. The topological polar surface area (TPSA) is 0 Å². The van der Waals surface area contributed by atoms with Crippen LogP contribution in [0.4, 0.5) is 0 Å². The highest BCUT2D eigenvalue weighted by molar-refractivity contribution is 7.97. The highest BCUT2D eigenvalue weighted by Crippen LogP contribution is 2.36. The molecule has 118 valence electrons. The molecule has 3 aromatic carbocycles. The summed E-state index contributed by atoms with van der Waals surface area (Å²) < 4.78 is 0. The van der Waals surface area contributed by atoms with Gasteiger partial charge < -0.3 is 24.0 Å². The Balaban J connectivity index is 0.00000192. The zero-order valence-electron chi connectivity index (χ0n) is 13.7. The van der Waals surface area contributed by atoms with Gasteiger partial charge in [-0.25, -0.2) is 0 Å². The molecule has 0 aliphatic heterocycles. The van der Waals surface area contributed by atoms with Crippen LogP contribution in [0.5, 0.6) is 0 Å². The second kappa shape index (κ2) is 8.02. The lowest BCUT2D eigenvalue weighted by Crippen LogP contribution is -3.00. The third kappa shape index (κ3) is 3.81. The summed E-state index contributed by atoms with van der Waals surface area (Å²) >= 11 is 0. The van der Waals surface area contributed by atoms with Crippen molar-refractivity contribution in [3.63, 3.8) is 0 Å². The molecule has 0 aromatic heterocycles. The zero-order valence-corrected chi connectivity index (χ0v) is 16.7. The predicted molar refractivity (Wildman–Crippen MR) is 95.7 cm³/mol. The molecule has 2 heteroatoms.